The molecule has 4 rings (SSSR count). The van der Waals surface area contributed by atoms with Crippen molar-refractivity contribution < 1.29 is 17.9 Å². The van der Waals surface area contributed by atoms with Crippen molar-refractivity contribution in [2.45, 2.75) is 17.7 Å². The van der Waals surface area contributed by atoms with Crippen LogP contribution in [0.3, 0.4) is 0 Å². The predicted molar refractivity (Wildman–Crippen MR) is 112 cm³/mol. The van der Waals surface area contributed by atoms with Crippen molar-refractivity contribution in [2.24, 2.45) is 0 Å². The zero-order chi connectivity index (χ0) is 20.4. The lowest BCUT2D eigenvalue weighted by Crippen LogP contribution is -2.48. The molecule has 0 saturated carbocycles. The molecule has 1 amide bonds. The number of sulfonamides is 1. The number of ether oxygens (including phenoxy) is 1. The van der Waals surface area contributed by atoms with Gasteiger partial charge in [0.05, 0.1) is 17.7 Å². The average Bonchev–Trinajstić information content (AvgIpc) is 3.19. The minimum atomic E-state index is -3.65. The van der Waals surface area contributed by atoms with E-state index in [4.69, 9.17) is 4.74 Å². The summed E-state index contributed by atoms with van der Waals surface area (Å²) < 4.78 is 33.4. The van der Waals surface area contributed by atoms with Crippen LogP contribution in [-0.2, 0) is 14.8 Å². The van der Waals surface area contributed by atoms with Crippen LogP contribution in [0.5, 0.6) is 5.75 Å². The summed E-state index contributed by atoms with van der Waals surface area (Å²) in [6.07, 6.45) is 1.24. The standard InChI is InChI=1S/C21H25N3O4S/c1-28-20-10-9-18(16-19(20)24-11-5-8-21(24)25)29(26,27)23-14-12-22(13-15-23)17-6-3-2-4-7-17/h2-4,6-7,9-10,16H,5,8,11-15H2,1H3. The summed E-state index contributed by atoms with van der Waals surface area (Å²) in [5, 5.41) is 0. The molecule has 7 nitrogen and oxygen atoms in total. The molecule has 0 aromatic heterocycles. The minimum Gasteiger partial charge on any atom is -0.495 e. The van der Waals surface area contributed by atoms with Crippen LogP contribution in [0.15, 0.2) is 53.4 Å². The summed E-state index contributed by atoms with van der Waals surface area (Å²) >= 11 is 0. The Labute approximate surface area is 171 Å². The molecule has 2 aromatic carbocycles. The zero-order valence-corrected chi connectivity index (χ0v) is 17.3. The van der Waals surface area contributed by atoms with E-state index < -0.39 is 10.0 Å². The maximum Gasteiger partial charge on any atom is 0.243 e. The molecule has 0 spiro atoms. The van der Waals surface area contributed by atoms with Crippen molar-refractivity contribution in [1.82, 2.24) is 4.31 Å². The van der Waals surface area contributed by atoms with E-state index in [1.807, 2.05) is 30.3 Å². The first kappa shape index (κ1) is 19.7. The van der Waals surface area contributed by atoms with Gasteiger partial charge in [0.1, 0.15) is 5.75 Å². The Morgan fingerprint density at radius 1 is 0.931 bits per heavy atom. The highest BCUT2D eigenvalue weighted by Gasteiger charge is 2.31. The molecule has 2 aliphatic heterocycles. The quantitative estimate of drug-likeness (QED) is 0.750. The molecule has 2 aliphatic rings. The fourth-order valence-corrected chi connectivity index (χ4v) is 5.36. The third-order valence-electron chi connectivity index (χ3n) is 5.51. The smallest absolute Gasteiger partial charge is 0.243 e. The second kappa shape index (κ2) is 8.04. The van der Waals surface area contributed by atoms with E-state index in [1.54, 1.807) is 23.1 Å². The van der Waals surface area contributed by atoms with Crippen molar-refractivity contribution in [1.29, 1.82) is 0 Å². The molecule has 0 unspecified atom stereocenters. The molecule has 0 atom stereocenters. The van der Waals surface area contributed by atoms with Crippen LogP contribution in [0, 0.1) is 0 Å². The molecule has 2 aromatic rings. The lowest BCUT2D eigenvalue weighted by atomic mass is 10.2. The summed E-state index contributed by atoms with van der Waals surface area (Å²) in [6.45, 7) is 2.69. The fraction of sp³-hybridized carbons (Fsp3) is 0.381. The van der Waals surface area contributed by atoms with E-state index in [2.05, 4.69) is 4.90 Å². The number of hydrogen-bond acceptors (Lipinski definition) is 5. The van der Waals surface area contributed by atoms with Gasteiger partial charge in [-0.3, -0.25) is 4.79 Å². The Morgan fingerprint density at radius 2 is 1.66 bits per heavy atom. The number of methoxy groups -OCH3 is 1. The van der Waals surface area contributed by atoms with Crippen molar-refractivity contribution in [3.63, 3.8) is 0 Å². The number of piperazine rings is 1. The molecule has 2 saturated heterocycles. The summed E-state index contributed by atoms with van der Waals surface area (Å²) in [5.41, 5.74) is 1.63. The highest BCUT2D eigenvalue weighted by Crippen LogP contribution is 2.34. The minimum absolute atomic E-state index is 0.00526. The summed E-state index contributed by atoms with van der Waals surface area (Å²) in [6, 6.07) is 14.8. The SMILES string of the molecule is COc1ccc(S(=O)(=O)N2CCN(c3ccccc3)CC2)cc1N1CCCC1=O. The van der Waals surface area contributed by atoms with Crippen LogP contribution >= 0.6 is 0 Å². The van der Waals surface area contributed by atoms with E-state index in [0.29, 0.717) is 50.6 Å². The zero-order valence-electron chi connectivity index (χ0n) is 16.5. The number of anilines is 2. The fourth-order valence-electron chi connectivity index (χ4n) is 3.92. The van der Waals surface area contributed by atoms with Crippen LogP contribution in [-0.4, -0.2) is 58.5 Å². The summed E-state index contributed by atoms with van der Waals surface area (Å²) in [4.78, 5) is 16.2. The molecule has 2 heterocycles. The van der Waals surface area contributed by atoms with Crippen LogP contribution < -0.4 is 14.5 Å². The van der Waals surface area contributed by atoms with Gasteiger partial charge in [-0.25, -0.2) is 8.42 Å². The maximum absolute atomic E-state index is 13.2. The molecule has 0 radical (unpaired) electrons. The van der Waals surface area contributed by atoms with Crippen molar-refractivity contribution in [3.05, 3.63) is 48.5 Å². The van der Waals surface area contributed by atoms with Gasteiger partial charge >= 0.3 is 0 Å². The van der Waals surface area contributed by atoms with Crippen LogP contribution in [0.25, 0.3) is 0 Å². The summed E-state index contributed by atoms with van der Waals surface area (Å²) in [5.74, 6) is 0.502. The maximum atomic E-state index is 13.2. The van der Waals surface area contributed by atoms with Gasteiger partial charge in [-0.2, -0.15) is 4.31 Å². The van der Waals surface area contributed by atoms with Crippen molar-refractivity contribution in [2.75, 3.05) is 49.6 Å². The second-order valence-corrected chi connectivity index (χ2v) is 9.15. The third-order valence-corrected chi connectivity index (χ3v) is 7.41. The Bertz CT molecular complexity index is 986. The molecule has 0 N–H and O–H groups in total. The number of benzene rings is 2. The Hall–Kier alpha value is -2.58. The van der Waals surface area contributed by atoms with E-state index in [0.717, 1.165) is 12.1 Å². The Kier molecular flexibility index (Phi) is 5.47. The van der Waals surface area contributed by atoms with Gasteiger partial charge in [-0.15, -0.1) is 0 Å². The molecule has 2 fully saturated rings. The number of para-hydroxylation sites is 1. The Morgan fingerprint density at radius 3 is 2.28 bits per heavy atom. The first-order valence-electron chi connectivity index (χ1n) is 9.79. The molecule has 154 valence electrons. The second-order valence-electron chi connectivity index (χ2n) is 7.21. The number of carbonyl (C=O) groups is 1. The molecule has 8 heteroatoms. The highest BCUT2D eigenvalue weighted by atomic mass is 32.2. The number of carbonyl (C=O) groups excluding carboxylic acids is 1. The van der Waals surface area contributed by atoms with Gasteiger partial charge in [0.15, 0.2) is 0 Å². The molecular formula is C21H25N3O4S. The topological polar surface area (TPSA) is 70.2 Å². The summed E-state index contributed by atoms with van der Waals surface area (Å²) in [7, 11) is -2.12. The number of amides is 1. The monoisotopic (exact) mass is 415 g/mol. The van der Waals surface area contributed by atoms with Gasteiger partial charge in [0, 0.05) is 44.8 Å². The number of rotatable bonds is 5. The lowest BCUT2D eigenvalue weighted by Gasteiger charge is -2.35. The van der Waals surface area contributed by atoms with Crippen molar-refractivity contribution in [3.8, 4) is 5.75 Å². The molecule has 0 aliphatic carbocycles. The van der Waals surface area contributed by atoms with Gasteiger partial charge in [-0.05, 0) is 36.8 Å². The van der Waals surface area contributed by atoms with Gasteiger partial charge in [0.25, 0.3) is 0 Å². The van der Waals surface area contributed by atoms with Crippen LogP contribution in [0.4, 0.5) is 11.4 Å². The molecule has 0 bridgehead atoms. The lowest BCUT2D eigenvalue weighted by molar-refractivity contribution is -0.117. The van der Waals surface area contributed by atoms with Crippen molar-refractivity contribution >= 4 is 27.3 Å². The van der Waals surface area contributed by atoms with Crippen LogP contribution in [0.1, 0.15) is 12.8 Å². The first-order valence-corrected chi connectivity index (χ1v) is 11.2. The number of hydrogen-bond donors (Lipinski definition) is 0. The predicted octanol–water partition coefficient (Wildman–Crippen LogP) is 2.33. The van der Waals surface area contributed by atoms with E-state index in [9.17, 15) is 13.2 Å². The Balaban J connectivity index is 1.55. The van der Waals surface area contributed by atoms with Gasteiger partial charge in [-0.1, -0.05) is 18.2 Å². The normalized spacial score (nSPS) is 18.3. The molecular weight excluding hydrogens is 390 g/mol. The highest BCUT2D eigenvalue weighted by molar-refractivity contribution is 7.89. The molecule has 29 heavy (non-hydrogen) atoms. The van der Waals surface area contributed by atoms with Gasteiger partial charge in [0.2, 0.25) is 15.9 Å². The number of nitrogens with zero attached hydrogens (tertiary/aromatic N) is 3. The van der Waals surface area contributed by atoms with Gasteiger partial charge < -0.3 is 14.5 Å². The van der Waals surface area contributed by atoms with E-state index >= 15 is 0 Å². The average molecular weight is 416 g/mol. The van der Waals surface area contributed by atoms with E-state index in [-0.39, 0.29) is 10.8 Å². The van der Waals surface area contributed by atoms with Crippen LogP contribution in [0.2, 0.25) is 0 Å². The third kappa shape index (κ3) is 3.82. The first-order chi connectivity index (χ1) is 14.0. The largest absolute Gasteiger partial charge is 0.495 e. The van der Waals surface area contributed by atoms with E-state index in [1.165, 1.54) is 11.4 Å².